The van der Waals surface area contributed by atoms with Crippen molar-refractivity contribution in [2.24, 2.45) is 0 Å². The van der Waals surface area contributed by atoms with Crippen molar-refractivity contribution in [2.75, 3.05) is 11.4 Å². The molecule has 0 spiro atoms. The largest absolute Gasteiger partial charge is 0.336 e. The molecule has 0 bridgehead atoms. The molecular formula is C22H20NPS2. The zero-order chi connectivity index (χ0) is 18.0. The number of nitrogens with zero attached hydrogens (tertiary/aromatic N) is 1. The first-order valence-corrected chi connectivity index (χ1v) is 12.0. The molecule has 0 unspecified atom stereocenters. The van der Waals surface area contributed by atoms with Crippen LogP contribution in [-0.2, 0) is 11.8 Å². The highest BCUT2D eigenvalue weighted by Crippen LogP contribution is 2.43. The van der Waals surface area contributed by atoms with Gasteiger partial charge in [0.2, 0.25) is 0 Å². The summed E-state index contributed by atoms with van der Waals surface area (Å²) < 4.78 is 0. The van der Waals surface area contributed by atoms with Crippen LogP contribution in [0.25, 0.3) is 0 Å². The highest BCUT2D eigenvalue weighted by Gasteiger charge is 2.26. The first-order valence-electron chi connectivity index (χ1n) is 8.82. The van der Waals surface area contributed by atoms with Gasteiger partial charge in [0.15, 0.2) is 0 Å². The van der Waals surface area contributed by atoms with Gasteiger partial charge in [-0.05, 0) is 40.9 Å². The Morgan fingerprint density at radius 2 is 1.31 bits per heavy atom. The molecular weight excluding hydrogens is 373 g/mol. The lowest BCUT2D eigenvalue weighted by Gasteiger charge is -2.26. The minimum atomic E-state index is -2.10. The van der Waals surface area contributed by atoms with E-state index in [1.54, 1.807) is 0 Å². The summed E-state index contributed by atoms with van der Waals surface area (Å²) in [6, 6.07) is 27.7. The summed E-state index contributed by atoms with van der Waals surface area (Å²) in [6.45, 7) is 1.00. The van der Waals surface area contributed by atoms with Crippen LogP contribution in [0, 0.1) is 0 Å². The van der Waals surface area contributed by atoms with E-state index in [0.29, 0.717) is 0 Å². The van der Waals surface area contributed by atoms with E-state index in [1.807, 2.05) is 12.1 Å². The third-order valence-corrected chi connectivity index (χ3v) is 10.2. The number of benzene rings is 3. The van der Waals surface area contributed by atoms with Crippen molar-refractivity contribution < 1.29 is 0 Å². The van der Waals surface area contributed by atoms with Crippen LogP contribution in [0.4, 0.5) is 5.69 Å². The lowest BCUT2D eigenvalue weighted by molar-refractivity contribution is 0.957. The average Bonchev–Trinajstić information content (AvgIpc) is 3.15. The minimum absolute atomic E-state index is 1.00. The predicted molar refractivity (Wildman–Crippen MR) is 122 cm³/mol. The molecule has 4 rings (SSSR count). The van der Waals surface area contributed by atoms with Crippen molar-refractivity contribution in [3.8, 4) is 0 Å². The van der Waals surface area contributed by atoms with Gasteiger partial charge in [0, 0.05) is 18.3 Å². The smallest absolute Gasteiger partial charge is 0.0824 e. The first-order chi connectivity index (χ1) is 12.7. The summed E-state index contributed by atoms with van der Waals surface area (Å²) in [5, 5.41) is 3.67. The second kappa shape index (κ2) is 7.44. The van der Waals surface area contributed by atoms with Crippen molar-refractivity contribution in [3.05, 3.63) is 84.9 Å². The molecule has 3 aromatic rings. The second-order valence-corrected chi connectivity index (χ2v) is 11.3. The Morgan fingerprint density at radius 1 is 0.731 bits per heavy atom. The summed E-state index contributed by atoms with van der Waals surface area (Å²) in [5.74, 6) is 0. The van der Waals surface area contributed by atoms with E-state index in [1.165, 1.54) is 21.6 Å². The van der Waals surface area contributed by atoms with Crippen LogP contribution in [0.3, 0.4) is 0 Å². The Balaban J connectivity index is 1.88. The molecule has 0 atom stereocenters. The standard InChI is InChI=1S/C22H20NPS2/c25-22-15-8-16-23(22)18-9-7-14-21(17-18)24(26,19-10-3-1-4-11-19)20-12-5-2-6-13-20/h1-7,9-14,17H,8,15-16H2. The van der Waals surface area contributed by atoms with Crippen LogP contribution in [0.5, 0.6) is 0 Å². The molecule has 0 radical (unpaired) electrons. The normalized spacial score (nSPS) is 14.6. The highest BCUT2D eigenvalue weighted by molar-refractivity contribution is 8.25. The molecule has 3 aromatic carbocycles. The molecule has 26 heavy (non-hydrogen) atoms. The van der Waals surface area contributed by atoms with Gasteiger partial charge in [-0.25, -0.2) is 0 Å². The molecule has 0 amide bonds. The van der Waals surface area contributed by atoms with E-state index in [4.69, 9.17) is 24.0 Å². The Bertz CT molecular complexity index is 926. The lowest BCUT2D eigenvalue weighted by atomic mass is 10.3. The molecule has 1 heterocycles. The second-order valence-electron chi connectivity index (χ2n) is 6.45. The molecule has 0 saturated carbocycles. The van der Waals surface area contributed by atoms with Crippen molar-refractivity contribution in [1.29, 1.82) is 0 Å². The van der Waals surface area contributed by atoms with Crippen LogP contribution in [0.15, 0.2) is 84.9 Å². The monoisotopic (exact) mass is 393 g/mol. The van der Waals surface area contributed by atoms with Crippen LogP contribution >= 0.6 is 18.3 Å². The third-order valence-electron chi connectivity index (χ3n) is 4.82. The topological polar surface area (TPSA) is 3.24 Å². The molecule has 4 heteroatoms. The molecule has 1 fully saturated rings. The Kier molecular flexibility index (Phi) is 5.04. The van der Waals surface area contributed by atoms with Crippen molar-refractivity contribution in [3.63, 3.8) is 0 Å². The van der Waals surface area contributed by atoms with Gasteiger partial charge in [-0.15, -0.1) is 0 Å². The van der Waals surface area contributed by atoms with Crippen LogP contribution in [0.1, 0.15) is 12.8 Å². The number of thiocarbonyl (C=S) groups is 1. The van der Waals surface area contributed by atoms with Crippen molar-refractivity contribution in [2.45, 2.75) is 12.8 Å². The molecule has 0 N–H and O–H groups in total. The lowest BCUT2D eigenvalue weighted by Crippen LogP contribution is -2.27. The molecule has 1 nitrogen and oxygen atoms in total. The Hall–Kier alpha value is -1.80. The zero-order valence-electron chi connectivity index (χ0n) is 14.4. The molecule has 0 aliphatic carbocycles. The van der Waals surface area contributed by atoms with E-state index < -0.39 is 6.04 Å². The summed E-state index contributed by atoms with van der Waals surface area (Å²) in [6.07, 6.45) is 2.14. The van der Waals surface area contributed by atoms with Crippen LogP contribution in [0.2, 0.25) is 0 Å². The molecule has 1 saturated heterocycles. The zero-order valence-corrected chi connectivity index (χ0v) is 16.9. The summed E-state index contributed by atoms with van der Waals surface area (Å²) in [4.78, 5) is 3.30. The Morgan fingerprint density at radius 3 is 1.85 bits per heavy atom. The minimum Gasteiger partial charge on any atom is -0.336 e. The quantitative estimate of drug-likeness (QED) is 0.479. The number of hydrogen-bond donors (Lipinski definition) is 0. The maximum atomic E-state index is 6.42. The average molecular weight is 394 g/mol. The van der Waals surface area contributed by atoms with Gasteiger partial charge in [-0.3, -0.25) is 0 Å². The maximum absolute atomic E-state index is 6.42. The van der Waals surface area contributed by atoms with E-state index in [-0.39, 0.29) is 0 Å². The molecule has 1 aliphatic heterocycles. The van der Waals surface area contributed by atoms with E-state index >= 15 is 0 Å². The van der Waals surface area contributed by atoms with Gasteiger partial charge in [0.05, 0.1) is 4.99 Å². The summed E-state index contributed by atoms with van der Waals surface area (Å²) in [7, 11) is 0. The third kappa shape index (κ3) is 3.16. The van der Waals surface area contributed by atoms with Crippen LogP contribution < -0.4 is 20.8 Å². The van der Waals surface area contributed by atoms with Gasteiger partial charge in [-0.2, -0.15) is 0 Å². The molecule has 130 valence electrons. The highest BCUT2D eigenvalue weighted by atomic mass is 32.4. The van der Waals surface area contributed by atoms with Gasteiger partial charge in [-0.1, -0.05) is 96.8 Å². The molecule has 0 aromatic heterocycles. The first kappa shape index (κ1) is 17.6. The number of rotatable bonds is 4. The van der Waals surface area contributed by atoms with E-state index in [2.05, 4.69) is 77.7 Å². The maximum Gasteiger partial charge on any atom is 0.0824 e. The van der Waals surface area contributed by atoms with Crippen LogP contribution in [-0.4, -0.2) is 11.5 Å². The SMILES string of the molecule is S=C1CCCN1c1cccc(P(=S)(c2ccccc2)c2ccccc2)c1. The van der Waals surface area contributed by atoms with E-state index in [0.717, 1.165) is 24.4 Å². The Labute approximate surface area is 165 Å². The van der Waals surface area contributed by atoms with Crippen molar-refractivity contribution >= 4 is 56.7 Å². The van der Waals surface area contributed by atoms with E-state index in [9.17, 15) is 0 Å². The predicted octanol–water partition coefficient (Wildman–Crippen LogP) is 4.37. The fourth-order valence-corrected chi connectivity index (χ4v) is 7.60. The number of anilines is 1. The van der Waals surface area contributed by atoms with Gasteiger partial charge in [0.25, 0.3) is 0 Å². The van der Waals surface area contributed by atoms with Gasteiger partial charge < -0.3 is 4.90 Å². The van der Waals surface area contributed by atoms with Gasteiger partial charge >= 0.3 is 0 Å². The fourth-order valence-electron chi connectivity index (χ4n) is 3.50. The fraction of sp³-hybridized carbons (Fsp3) is 0.136. The number of hydrogen-bond acceptors (Lipinski definition) is 2. The molecule has 1 aliphatic rings. The van der Waals surface area contributed by atoms with Gasteiger partial charge in [0.1, 0.15) is 0 Å². The summed E-state index contributed by atoms with van der Waals surface area (Å²) in [5.41, 5.74) is 1.17. The summed E-state index contributed by atoms with van der Waals surface area (Å²) >= 11 is 12.0. The van der Waals surface area contributed by atoms with Crippen molar-refractivity contribution in [1.82, 2.24) is 0 Å².